The summed E-state index contributed by atoms with van der Waals surface area (Å²) in [6.07, 6.45) is 4.19. The van der Waals surface area contributed by atoms with Crippen molar-refractivity contribution in [3.8, 4) is 0 Å². The van der Waals surface area contributed by atoms with Crippen molar-refractivity contribution in [2.75, 3.05) is 5.73 Å². The molecule has 0 fully saturated rings. The van der Waals surface area contributed by atoms with Gasteiger partial charge in [0.25, 0.3) is 0 Å². The lowest BCUT2D eigenvalue weighted by Gasteiger charge is -2.08. The quantitative estimate of drug-likeness (QED) is 0.814. The van der Waals surface area contributed by atoms with Gasteiger partial charge in [-0.1, -0.05) is 31.9 Å². The number of aromatic nitrogens is 2. The van der Waals surface area contributed by atoms with Crippen LogP contribution in [0.4, 0.5) is 5.82 Å². The molecule has 74 valence electrons. The van der Waals surface area contributed by atoms with E-state index in [0.29, 0.717) is 16.8 Å². The van der Waals surface area contributed by atoms with Crippen LogP contribution in [-0.2, 0) is 6.54 Å². The van der Waals surface area contributed by atoms with Crippen LogP contribution in [0.25, 0.3) is 0 Å². The molecule has 1 unspecified atom stereocenters. The zero-order chi connectivity index (χ0) is 9.84. The van der Waals surface area contributed by atoms with Crippen molar-refractivity contribution in [1.82, 2.24) is 9.78 Å². The number of nitrogens with two attached hydrogens (primary N) is 1. The average Bonchev–Trinajstić information content (AvgIpc) is 2.31. The van der Waals surface area contributed by atoms with Gasteiger partial charge in [0.05, 0.1) is 0 Å². The van der Waals surface area contributed by atoms with Gasteiger partial charge in [0.15, 0.2) is 5.82 Å². The van der Waals surface area contributed by atoms with Crippen molar-refractivity contribution in [2.45, 2.75) is 33.2 Å². The number of rotatable bonds is 4. The van der Waals surface area contributed by atoms with E-state index in [0.717, 1.165) is 6.54 Å². The first-order chi connectivity index (χ1) is 6.13. The molecule has 0 radical (unpaired) electrons. The maximum atomic E-state index is 5.78. The summed E-state index contributed by atoms with van der Waals surface area (Å²) in [4.78, 5) is 0. The largest absolute Gasteiger partial charge is 0.381 e. The minimum Gasteiger partial charge on any atom is -0.381 e. The van der Waals surface area contributed by atoms with Crippen molar-refractivity contribution in [3.05, 3.63) is 11.2 Å². The Morgan fingerprint density at radius 1 is 1.69 bits per heavy atom. The molecule has 1 atom stereocenters. The highest BCUT2D eigenvalue weighted by molar-refractivity contribution is 6.32. The van der Waals surface area contributed by atoms with Crippen LogP contribution in [0.1, 0.15) is 26.7 Å². The van der Waals surface area contributed by atoms with Gasteiger partial charge in [-0.2, -0.15) is 5.10 Å². The zero-order valence-corrected chi connectivity index (χ0v) is 8.88. The predicted molar refractivity (Wildman–Crippen MR) is 55.7 cm³/mol. The Balaban J connectivity index is 2.53. The Kier molecular flexibility index (Phi) is 3.60. The molecule has 3 nitrogen and oxygen atoms in total. The number of halogens is 1. The van der Waals surface area contributed by atoms with Crippen LogP contribution in [0, 0.1) is 5.92 Å². The normalized spacial score (nSPS) is 13.2. The van der Waals surface area contributed by atoms with Gasteiger partial charge >= 0.3 is 0 Å². The maximum absolute atomic E-state index is 5.78. The molecule has 0 amide bonds. The Labute approximate surface area is 83.9 Å². The first-order valence-electron chi connectivity index (χ1n) is 4.62. The van der Waals surface area contributed by atoms with Crippen molar-refractivity contribution in [2.24, 2.45) is 5.92 Å². The van der Waals surface area contributed by atoms with Gasteiger partial charge in [0.1, 0.15) is 5.02 Å². The second-order valence-corrected chi connectivity index (χ2v) is 3.89. The van der Waals surface area contributed by atoms with Crippen molar-refractivity contribution >= 4 is 17.4 Å². The minimum absolute atomic E-state index is 0.422. The highest BCUT2D eigenvalue weighted by Gasteiger charge is 2.06. The van der Waals surface area contributed by atoms with Crippen LogP contribution in [0.2, 0.25) is 5.02 Å². The zero-order valence-electron chi connectivity index (χ0n) is 8.13. The van der Waals surface area contributed by atoms with Gasteiger partial charge in [0, 0.05) is 12.7 Å². The second kappa shape index (κ2) is 4.51. The highest BCUT2D eigenvalue weighted by atomic mass is 35.5. The third-order valence-corrected chi connectivity index (χ3v) is 2.31. The molecule has 0 bridgehead atoms. The van der Waals surface area contributed by atoms with Gasteiger partial charge in [-0.15, -0.1) is 0 Å². The molecule has 0 aliphatic carbocycles. The van der Waals surface area contributed by atoms with Crippen molar-refractivity contribution in [1.29, 1.82) is 0 Å². The highest BCUT2D eigenvalue weighted by Crippen LogP contribution is 2.17. The number of anilines is 1. The number of hydrogen-bond donors (Lipinski definition) is 1. The third kappa shape index (κ3) is 2.92. The molecule has 1 aromatic rings. The summed E-state index contributed by atoms with van der Waals surface area (Å²) in [5, 5.41) is 4.64. The number of hydrogen-bond acceptors (Lipinski definition) is 2. The summed E-state index contributed by atoms with van der Waals surface area (Å²) in [5.74, 6) is 1.05. The van der Waals surface area contributed by atoms with E-state index in [1.165, 1.54) is 12.8 Å². The van der Waals surface area contributed by atoms with Gasteiger partial charge < -0.3 is 5.73 Å². The lowest BCUT2D eigenvalue weighted by atomic mass is 10.1. The molecule has 0 aliphatic rings. The van der Waals surface area contributed by atoms with E-state index >= 15 is 0 Å². The standard InChI is InChI=1S/C9H16ClN3/c1-3-4-7(2)5-13-6-8(10)9(11)12-13/h6-7H,3-5H2,1-2H3,(H2,11,12). The van der Waals surface area contributed by atoms with E-state index in [4.69, 9.17) is 17.3 Å². The van der Waals surface area contributed by atoms with E-state index in [-0.39, 0.29) is 0 Å². The average molecular weight is 202 g/mol. The molecule has 1 aromatic heterocycles. The van der Waals surface area contributed by atoms with Gasteiger partial charge in [-0.25, -0.2) is 0 Å². The third-order valence-electron chi connectivity index (χ3n) is 2.02. The molecule has 0 saturated heterocycles. The fourth-order valence-electron chi connectivity index (χ4n) is 1.41. The number of nitrogen functional groups attached to an aromatic ring is 1. The van der Waals surface area contributed by atoms with Crippen LogP contribution in [0.3, 0.4) is 0 Å². The molecule has 1 heterocycles. The van der Waals surface area contributed by atoms with E-state index in [2.05, 4.69) is 18.9 Å². The van der Waals surface area contributed by atoms with E-state index in [1.54, 1.807) is 6.20 Å². The van der Waals surface area contributed by atoms with Crippen LogP contribution in [0.15, 0.2) is 6.20 Å². The summed E-state index contributed by atoms with van der Waals surface area (Å²) in [5.41, 5.74) is 5.53. The molecule has 0 spiro atoms. The summed E-state index contributed by atoms with van der Waals surface area (Å²) in [7, 11) is 0. The second-order valence-electron chi connectivity index (χ2n) is 3.48. The summed E-state index contributed by atoms with van der Waals surface area (Å²) in [6, 6.07) is 0. The lowest BCUT2D eigenvalue weighted by Crippen LogP contribution is -2.08. The first kappa shape index (κ1) is 10.4. The van der Waals surface area contributed by atoms with Crippen LogP contribution < -0.4 is 5.73 Å². The molecule has 0 aliphatic heterocycles. The van der Waals surface area contributed by atoms with Crippen molar-refractivity contribution in [3.63, 3.8) is 0 Å². The molecule has 0 aromatic carbocycles. The summed E-state index contributed by atoms with van der Waals surface area (Å²) in [6.45, 7) is 5.28. The Bertz CT molecular complexity index is 250. The van der Waals surface area contributed by atoms with Crippen molar-refractivity contribution < 1.29 is 0 Å². The SMILES string of the molecule is CCCC(C)Cn1cc(Cl)c(N)n1. The predicted octanol–water partition coefficient (Wildman–Crippen LogP) is 2.55. The van der Waals surface area contributed by atoms with Gasteiger partial charge in [-0.05, 0) is 12.3 Å². The Morgan fingerprint density at radius 3 is 2.85 bits per heavy atom. The van der Waals surface area contributed by atoms with Crippen LogP contribution in [0.5, 0.6) is 0 Å². The first-order valence-corrected chi connectivity index (χ1v) is 4.99. The van der Waals surface area contributed by atoms with Gasteiger partial charge in [-0.3, -0.25) is 4.68 Å². The lowest BCUT2D eigenvalue weighted by molar-refractivity contribution is 0.421. The van der Waals surface area contributed by atoms with Crippen LogP contribution >= 0.6 is 11.6 Å². The van der Waals surface area contributed by atoms with Gasteiger partial charge in [0.2, 0.25) is 0 Å². The minimum atomic E-state index is 0.422. The topological polar surface area (TPSA) is 43.8 Å². The maximum Gasteiger partial charge on any atom is 0.164 e. The summed E-state index contributed by atoms with van der Waals surface area (Å²) >= 11 is 5.78. The fraction of sp³-hybridized carbons (Fsp3) is 0.667. The Hall–Kier alpha value is -0.700. The monoisotopic (exact) mass is 201 g/mol. The van der Waals surface area contributed by atoms with E-state index in [1.807, 2.05) is 4.68 Å². The molecule has 13 heavy (non-hydrogen) atoms. The molecular weight excluding hydrogens is 186 g/mol. The van der Waals surface area contributed by atoms with E-state index in [9.17, 15) is 0 Å². The molecule has 0 saturated carbocycles. The van der Waals surface area contributed by atoms with E-state index < -0.39 is 0 Å². The van der Waals surface area contributed by atoms with Crippen LogP contribution in [-0.4, -0.2) is 9.78 Å². The summed E-state index contributed by atoms with van der Waals surface area (Å²) < 4.78 is 1.82. The number of nitrogens with zero attached hydrogens (tertiary/aromatic N) is 2. The fourth-order valence-corrected chi connectivity index (χ4v) is 1.56. The molecule has 2 N–H and O–H groups in total. The molecular formula is C9H16ClN3. The molecule has 1 rings (SSSR count). The smallest absolute Gasteiger partial charge is 0.164 e. The Morgan fingerprint density at radius 2 is 2.38 bits per heavy atom. The molecule has 4 heteroatoms.